The van der Waals surface area contributed by atoms with Crippen LogP contribution in [-0.4, -0.2) is 6.04 Å². The van der Waals surface area contributed by atoms with E-state index in [9.17, 15) is 0 Å². The second-order valence-electron chi connectivity index (χ2n) is 4.48. The van der Waals surface area contributed by atoms with E-state index in [0.29, 0.717) is 6.04 Å². The molecule has 0 aromatic heterocycles. The summed E-state index contributed by atoms with van der Waals surface area (Å²) in [5, 5.41) is 3.61. The predicted molar refractivity (Wildman–Crippen MR) is 61.5 cm³/mol. The van der Waals surface area contributed by atoms with E-state index in [-0.39, 0.29) is 0 Å². The van der Waals surface area contributed by atoms with Gasteiger partial charge < -0.3 is 5.32 Å². The number of rotatable bonds is 2. The standard InChI is InChI=1S/C13H19N/c1-11-6-5-9-13(10-11)14-12-7-3-2-4-8-12/h2-4,7-8,11,13-14H,5-6,9-10H2,1H3/t11-,13-/m1/s1. The van der Waals surface area contributed by atoms with Crippen LogP contribution in [0.4, 0.5) is 5.69 Å². The van der Waals surface area contributed by atoms with Crippen LogP contribution in [-0.2, 0) is 0 Å². The molecule has 0 unspecified atom stereocenters. The SMILES string of the molecule is C[C@@H]1CCC[C@@H](Nc2ccccc2)C1. The topological polar surface area (TPSA) is 12.0 Å². The second kappa shape index (κ2) is 4.50. The van der Waals surface area contributed by atoms with Gasteiger partial charge in [-0.2, -0.15) is 0 Å². The first-order valence-electron chi connectivity index (χ1n) is 5.66. The molecule has 0 spiro atoms. The highest BCUT2D eigenvalue weighted by atomic mass is 14.9. The van der Waals surface area contributed by atoms with E-state index >= 15 is 0 Å². The van der Waals surface area contributed by atoms with Gasteiger partial charge in [0, 0.05) is 11.7 Å². The van der Waals surface area contributed by atoms with E-state index in [2.05, 4.69) is 42.6 Å². The first kappa shape index (κ1) is 9.57. The maximum Gasteiger partial charge on any atom is 0.0342 e. The lowest BCUT2D eigenvalue weighted by Crippen LogP contribution is -2.26. The van der Waals surface area contributed by atoms with Crippen molar-refractivity contribution < 1.29 is 0 Å². The van der Waals surface area contributed by atoms with Gasteiger partial charge in [-0.05, 0) is 30.9 Å². The average molecular weight is 189 g/mol. The molecule has 0 aliphatic heterocycles. The molecule has 0 heterocycles. The maximum atomic E-state index is 3.61. The van der Waals surface area contributed by atoms with Crippen LogP contribution in [0.2, 0.25) is 0 Å². The largest absolute Gasteiger partial charge is 0.382 e. The Morgan fingerprint density at radius 3 is 2.64 bits per heavy atom. The molecule has 1 heteroatoms. The van der Waals surface area contributed by atoms with E-state index in [1.165, 1.54) is 31.4 Å². The van der Waals surface area contributed by atoms with Gasteiger partial charge in [0.25, 0.3) is 0 Å². The summed E-state index contributed by atoms with van der Waals surface area (Å²) in [7, 11) is 0. The van der Waals surface area contributed by atoms with Crippen molar-refractivity contribution in [3.05, 3.63) is 30.3 Å². The Morgan fingerprint density at radius 1 is 1.14 bits per heavy atom. The molecule has 1 nitrogen and oxygen atoms in total. The summed E-state index contributed by atoms with van der Waals surface area (Å²) in [5.41, 5.74) is 1.27. The van der Waals surface area contributed by atoms with E-state index in [4.69, 9.17) is 0 Å². The van der Waals surface area contributed by atoms with Gasteiger partial charge in [-0.25, -0.2) is 0 Å². The Morgan fingerprint density at radius 2 is 1.93 bits per heavy atom. The number of hydrogen-bond acceptors (Lipinski definition) is 1. The van der Waals surface area contributed by atoms with Crippen molar-refractivity contribution in [2.24, 2.45) is 5.92 Å². The highest BCUT2D eigenvalue weighted by Crippen LogP contribution is 2.25. The second-order valence-corrected chi connectivity index (χ2v) is 4.48. The van der Waals surface area contributed by atoms with Crippen LogP contribution >= 0.6 is 0 Å². The molecule has 0 radical (unpaired) electrons. The molecule has 1 fully saturated rings. The molecular formula is C13H19N. The Balaban J connectivity index is 1.91. The van der Waals surface area contributed by atoms with Crippen molar-refractivity contribution in [2.45, 2.75) is 38.6 Å². The van der Waals surface area contributed by atoms with Gasteiger partial charge in [0.1, 0.15) is 0 Å². The molecule has 14 heavy (non-hydrogen) atoms. The smallest absolute Gasteiger partial charge is 0.0342 e. The fraction of sp³-hybridized carbons (Fsp3) is 0.538. The third-order valence-electron chi connectivity index (χ3n) is 3.08. The monoisotopic (exact) mass is 189 g/mol. The number of benzene rings is 1. The normalized spacial score (nSPS) is 27.2. The molecular weight excluding hydrogens is 170 g/mol. The Bertz CT molecular complexity index is 268. The van der Waals surface area contributed by atoms with Crippen molar-refractivity contribution in [1.29, 1.82) is 0 Å². The van der Waals surface area contributed by atoms with Gasteiger partial charge in [-0.15, -0.1) is 0 Å². The molecule has 1 N–H and O–H groups in total. The molecule has 1 aliphatic rings. The zero-order chi connectivity index (χ0) is 9.80. The number of para-hydroxylation sites is 1. The first-order chi connectivity index (χ1) is 6.84. The highest BCUT2D eigenvalue weighted by Gasteiger charge is 2.18. The van der Waals surface area contributed by atoms with E-state index in [0.717, 1.165) is 5.92 Å². The van der Waals surface area contributed by atoms with Gasteiger partial charge in [0.15, 0.2) is 0 Å². The van der Waals surface area contributed by atoms with E-state index in [1.54, 1.807) is 0 Å². The minimum absolute atomic E-state index is 0.696. The van der Waals surface area contributed by atoms with Crippen LogP contribution < -0.4 is 5.32 Å². The molecule has 1 aromatic rings. The summed E-state index contributed by atoms with van der Waals surface area (Å²) in [6.07, 6.45) is 5.45. The van der Waals surface area contributed by atoms with Crippen molar-refractivity contribution in [2.75, 3.05) is 5.32 Å². The third kappa shape index (κ3) is 2.50. The number of anilines is 1. The Labute approximate surface area is 86.5 Å². The lowest BCUT2D eigenvalue weighted by molar-refractivity contribution is 0.358. The summed E-state index contributed by atoms with van der Waals surface area (Å²) in [4.78, 5) is 0. The minimum atomic E-state index is 0.696. The highest BCUT2D eigenvalue weighted by molar-refractivity contribution is 5.43. The lowest BCUT2D eigenvalue weighted by Gasteiger charge is -2.28. The molecule has 2 rings (SSSR count). The van der Waals surface area contributed by atoms with Gasteiger partial charge >= 0.3 is 0 Å². The zero-order valence-electron chi connectivity index (χ0n) is 8.87. The molecule has 2 atom stereocenters. The number of nitrogens with one attached hydrogen (secondary N) is 1. The fourth-order valence-corrected chi connectivity index (χ4v) is 2.34. The quantitative estimate of drug-likeness (QED) is 0.748. The summed E-state index contributed by atoms with van der Waals surface area (Å²) in [6.45, 7) is 2.36. The van der Waals surface area contributed by atoms with Crippen LogP contribution in [0.1, 0.15) is 32.6 Å². The van der Waals surface area contributed by atoms with Gasteiger partial charge in [-0.1, -0.05) is 38.0 Å². The molecule has 1 aliphatic carbocycles. The van der Waals surface area contributed by atoms with Crippen molar-refractivity contribution in [3.8, 4) is 0 Å². The van der Waals surface area contributed by atoms with Crippen LogP contribution in [0.3, 0.4) is 0 Å². The van der Waals surface area contributed by atoms with Gasteiger partial charge in [0.2, 0.25) is 0 Å². The first-order valence-corrected chi connectivity index (χ1v) is 5.66. The molecule has 1 aromatic carbocycles. The summed E-state index contributed by atoms with van der Waals surface area (Å²) >= 11 is 0. The van der Waals surface area contributed by atoms with Crippen LogP contribution in [0.25, 0.3) is 0 Å². The summed E-state index contributed by atoms with van der Waals surface area (Å²) in [6, 6.07) is 11.2. The molecule has 0 saturated heterocycles. The van der Waals surface area contributed by atoms with Crippen LogP contribution in [0, 0.1) is 5.92 Å². The van der Waals surface area contributed by atoms with E-state index in [1.807, 2.05) is 0 Å². The third-order valence-corrected chi connectivity index (χ3v) is 3.08. The Kier molecular flexibility index (Phi) is 3.07. The fourth-order valence-electron chi connectivity index (χ4n) is 2.34. The molecule has 1 saturated carbocycles. The minimum Gasteiger partial charge on any atom is -0.382 e. The van der Waals surface area contributed by atoms with Crippen LogP contribution in [0.15, 0.2) is 30.3 Å². The van der Waals surface area contributed by atoms with E-state index < -0.39 is 0 Å². The van der Waals surface area contributed by atoms with Gasteiger partial charge in [-0.3, -0.25) is 0 Å². The number of hydrogen-bond donors (Lipinski definition) is 1. The molecule has 76 valence electrons. The zero-order valence-corrected chi connectivity index (χ0v) is 8.87. The Hall–Kier alpha value is -0.980. The van der Waals surface area contributed by atoms with Crippen molar-refractivity contribution in [3.63, 3.8) is 0 Å². The average Bonchev–Trinajstić information content (AvgIpc) is 2.19. The van der Waals surface area contributed by atoms with Crippen molar-refractivity contribution >= 4 is 5.69 Å². The maximum absolute atomic E-state index is 3.61. The van der Waals surface area contributed by atoms with Gasteiger partial charge in [0.05, 0.1) is 0 Å². The molecule has 0 bridgehead atoms. The summed E-state index contributed by atoms with van der Waals surface area (Å²) < 4.78 is 0. The van der Waals surface area contributed by atoms with Crippen LogP contribution in [0.5, 0.6) is 0 Å². The predicted octanol–water partition coefficient (Wildman–Crippen LogP) is 3.68. The molecule has 0 amide bonds. The summed E-state index contributed by atoms with van der Waals surface area (Å²) in [5.74, 6) is 0.893. The van der Waals surface area contributed by atoms with Crippen molar-refractivity contribution in [1.82, 2.24) is 0 Å². The lowest BCUT2D eigenvalue weighted by atomic mass is 9.87.